The van der Waals surface area contributed by atoms with Gasteiger partial charge in [-0.3, -0.25) is 0 Å². The molecule has 5 nitrogen and oxygen atoms in total. The number of halogens is 3. The van der Waals surface area contributed by atoms with Gasteiger partial charge in [0.25, 0.3) is 0 Å². The fourth-order valence-electron chi connectivity index (χ4n) is 2.50. The molecule has 0 amide bonds. The number of sulfonamides is 1. The summed E-state index contributed by atoms with van der Waals surface area (Å²) in [6.07, 6.45) is 0. The Morgan fingerprint density at radius 2 is 1.72 bits per heavy atom. The van der Waals surface area contributed by atoms with E-state index in [-0.39, 0.29) is 23.3 Å². The number of rotatable bonds is 3. The molecule has 9 heteroatoms. The number of hydrogen-bond acceptors (Lipinski definition) is 4. The minimum absolute atomic E-state index is 0.0540. The highest BCUT2D eigenvalue weighted by atomic mass is 35.5. The fraction of sp³-hybridized carbons (Fsp3) is 0.0625. The van der Waals surface area contributed by atoms with Crippen LogP contribution in [0.3, 0.4) is 0 Å². The highest BCUT2D eigenvalue weighted by Gasteiger charge is 2.30. The summed E-state index contributed by atoms with van der Waals surface area (Å²) in [6.45, 7) is -0.276. The Morgan fingerprint density at radius 1 is 1.08 bits per heavy atom. The van der Waals surface area contributed by atoms with Crippen molar-refractivity contribution in [2.45, 2.75) is 4.90 Å². The Kier molecular flexibility index (Phi) is 4.36. The van der Waals surface area contributed by atoms with Crippen molar-refractivity contribution in [1.82, 2.24) is 0 Å². The van der Waals surface area contributed by atoms with Crippen LogP contribution in [-0.2, 0) is 19.6 Å². The van der Waals surface area contributed by atoms with Crippen LogP contribution in [0.1, 0.15) is 11.1 Å². The first-order valence-electron chi connectivity index (χ1n) is 6.87. The summed E-state index contributed by atoms with van der Waals surface area (Å²) in [6, 6.07) is 7.31. The first kappa shape index (κ1) is 17.5. The lowest BCUT2D eigenvalue weighted by Gasteiger charge is -2.09. The summed E-state index contributed by atoms with van der Waals surface area (Å²) in [5.41, 5.74) is 0.293. The molecule has 0 aliphatic carbocycles. The molecule has 0 spiro atoms. The van der Waals surface area contributed by atoms with Crippen LogP contribution < -0.4 is 5.14 Å². The van der Waals surface area contributed by atoms with Gasteiger partial charge in [0.05, 0.1) is 5.57 Å². The molecule has 1 aliphatic rings. The van der Waals surface area contributed by atoms with Crippen LogP contribution in [0.15, 0.2) is 41.3 Å². The lowest BCUT2D eigenvalue weighted by Crippen LogP contribution is -2.15. The van der Waals surface area contributed by atoms with Crippen molar-refractivity contribution in [1.29, 1.82) is 0 Å². The maximum absolute atomic E-state index is 14.4. The summed E-state index contributed by atoms with van der Waals surface area (Å²) >= 11 is 5.80. The van der Waals surface area contributed by atoms with E-state index in [2.05, 4.69) is 0 Å². The van der Waals surface area contributed by atoms with Crippen molar-refractivity contribution in [2.24, 2.45) is 5.14 Å². The van der Waals surface area contributed by atoms with Gasteiger partial charge >= 0.3 is 5.97 Å². The van der Waals surface area contributed by atoms with Gasteiger partial charge in [0.2, 0.25) is 10.0 Å². The van der Waals surface area contributed by atoms with Gasteiger partial charge in [0.15, 0.2) is 0 Å². The molecule has 130 valence electrons. The van der Waals surface area contributed by atoms with Crippen molar-refractivity contribution in [3.63, 3.8) is 0 Å². The molecule has 0 radical (unpaired) electrons. The first-order valence-corrected chi connectivity index (χ1v) is 8.79. The number of esters is 1. The summed E-state index contributed by atoms with van der Waals surface area (Å²) < 4.78 is 55.9. The average molecular weight is 386 g/mol. The molecule has 0 fully saturated rings. The number of nitrogens with two attached hydrogens (primary N) is 1. The summed E-state index contributed by atoms with van der Waals surface area (Å²) in [5, 5.41) is 5.28. The van der Waals surface area contributed by atoms with Crippen LogP contribution in [0.5, 0.6) is 0 Å². The standard InChI is InChI=1S/C16H10ClF2NO4S/c17-9-3-1-8(2-4-9)15-11(7-24-16(15)21)10-5-13(19)14(6-12(10)18)25(20,22)23/h1-6H,7H2,(H2,20,22,23). The van der Waals surface area contributed by atoms with Gasteiger partial charge in [-0.25, -0.2) is 27.1 Å². The normalized spacial score (nSPS) is 14.8. The molecule has 0 saturated heterocycles. The zero-order valence-corrected chi connectivity index (χ0v) is 14.0. The lowest BCUT2D eigenvalue weighted by atomic mass is 9.96. The molecule has 0 atom stereocenters. The van der Waals surface area contributed by atoms with E-state index < -0.39 is 32.5 Å². The van der Waals surface area contributed by atoms with E-state index in [0.29, 0.717) is 22.7 Å². The van der Waals surface area contributed by atoms with Crippen LogP contribution in [0.25, 0.3) is 11.1 Å². The number of carbonyl (C=O) groups excluding carboxylic acids is 1. The number of cyclic esters (lactones) is 1. The molecule has 25 heavy (non-hydrogen) atoms. The molecular formula is C16H10ClF2NO4S. The molecule has 1 aliphatic heterocycles. The molecule has 0 bridgehead atoms. The minimum atomic E-state index is -4.42. The molecule has 0 unspecified atom stereocenters. The summed E-state index contributed by atoms with van der Waals surface area (Å²) in [4.78, 5) is 11.1. The Balaban J connectivity index is 2.21. The summed E-state index contributed by atoms with van der Waals surface area (Å²) in [5.74, 6) is -2.96. The van der Waals surface area contributed by atoms with Crippen LogP contribution >= 0.6 is 11.6 Å². The SMILES string of the molecule is NS(=O)(=O)c1cc(F)c(C2=C(c3ccc(Cl)cc3)C(=O)OC2)cc1F. The molecular weight excluding hydrogens is 376 g/mol. The Morgan fingerprint density at radius 3 is 2.32 bits per heavy atom. The number of primary sulfonamides is 1. The number of carbonyl (C=O) groups is 1. The van der Waals surface area contributed by atoms with Gasteiger partial charge < -0.3 is 4.74 Å². The second kappa shape index (κ2) is 6.21. The predicted octanol–water partition coefficient (Wildman–Crippen LogP) is 2.73. The number of ether oxygens (including phenoxy) is 1. The van der Waals surface area contributed by atoms with E-state index in [0.717, 1.165) is 0 Å². The predicted molar refractivity (Wildman–Crippen MR) is 87.0 cm³/mol. The third kappa shape index (κ3) is 3.28. The van der Waals surface area contributed by atoms with E-state index in [1.165, 1.54) is 24.3 Å². The van der Waals surface area contributed by atoms with Crippen molar-refractivity contribution in [3.8, 4) is 0 Å². The second-order valence-corrected chi connectivity index (χ2v) is 7.21. The van der Waals surface area contributed by atoms with E-state index >= 15 is 0 Å². The lowest BCUT2D eigenvalue weighted by molar-refractivity contribution is -0.133. The minimum Gasteiger partial charge on any atom is -0.457 e. The fourth-order valence-corrected chi connectivity index (χ4v) is 3.23. The van der Waals surface area contributed by atoms with E-state index in [1.54, 1.807) is 0 Å². The number of hydrogen-bond donors (Lipinski definition) is 1. The molecule has 3 rings (SSSR count). The van der Waals surface area contributed by atoms with E-state index in [1.807, 2.05) is 0 Å². The van der Waals surface area contributed by atoms with Crippen LogP contribution in [0.2, 0.25) is 5.02 Å². The molecule has 1 heterocycles. The second-order valence-electron chi connectivity index (χ2n) is 5.24. The number of benzene rings is 2. The first-order chi connectivity index (χ1) is 11.7. The highest BCUT2D eigenvalue weighted by molar-refractivity contribution is 7.89. The van der Waals surface area contributed by atoms with Gasteiger partial charge in [0.1, 0.15) is 23.1 Å². The molecule has 2 N–H and O–H groups in total. The molecule has 2 aromatic rings. The van der Waals surface area contributed by atoms with Crippen LogP contribution in [-0.4, -0.2) is 21.0 Å². The van der Waals surface area contributed by atoms with Crippen molar-refractivity contribution >= 4 is 38.7 Å². The van der Waals surface area contributed by atoms with Gasteiger partial charge in [-0.1, -0.05) is 23.7 Å². The quantitative estimate of drug-likeness (QED) is 0.823. The van der Waals surface area contributed by atoms with Crippen LogP contribution in [0.4, 0.5) is 8.78 Å². The zero-order chi connectivity index (χ0) is 18.4. The Labute approximate surface area is 146 Å². The van der Waals surface area contributed by atoms with Crippen molar-refractivity contribution in [3.05, 3.63) is 64.2 Å². The van der Waals surface area contributed by atoms with E-state index in [9.17, 15) is 22.0 Å². The largest absolute Gasteiger partial charge is 0.457 e. The zero-order valence-electron chi connectivity index (χ0n) is 12.4. The smallest absolute Gasteiger partial charge is 0.339 e. The third-order valence-corrected chi connectivity index (χ3v) is 4.82. The maximum Gasteiger partial charge on any atom is 0.339 e. The van der Waals surface area contributed by atoms with Gasteiger partial charge in [-0.05, 0) is 29.8 Å². The third-order valence-electron chi connectivity index (χ3n) is 3.64. The van der Waals surface area contributed by atoms with Gasteiger partial charge in [0, 0.05) is 16.2 Å². The average Bonchev–Trinajstić information content (AvgIpc) is 2.90. The Bertz CT molecular complexity index is 1020. The van der Waals surface area contributed by atoms with Gasteiger partial charge in [-0.15, -0.1) is 0 Å². The molecule has 0 aromatic heterocycles. The monoisotopic (exact) mass is 385 g/mol. The maximum atomic E-state index is 14.4. The Hall–Kier alpha value is -2.29. The molecule has 0 saturated carbocycles. The highest BCUT2D eigenvalue weighted by Crippen LogP contribution is 2.35. The topological polar surface area (TPSA) is 86.5 Å². The van der Waals surface area contributed by atoms with Crippen molar-refractivity contribution in [2.75, 3.05) is 6.61 Å². The summed E-state index contributed by atoms with van der Waals surface area (Å²) in [7, 11) is -4.42. The van der Waals surface area contributed by atoms with Gasteiger partial charge in [-0.2, -0.15) is 0 Å². The molecule has 2 aromatic carbocycles. The van der Waals surface area contributed by atoms with Crippen molar-refractivity contribution < 1.29 is 26.7 Å². The van der Waals surface area contributed by atoms with E-state index in [4.69, 9.17) is 21.5 Å². The van der Waals surface area contributed by atoms with Crippen LogP contribution in [0, 0.1) is 11.6 Å².